The number of aryl methyl sites for hydroxylation is 1. The van der Waals surface area contributed by atoms with E-state index in [0.29, 0.717) is 6.61 Å². The molecule has 0 fully saturated rings. The van der Waals surface area contributed by atoms with Crippen molar-refractivity contribution in [3.8, 4) is 0 Å². The second kappa shape index (κ2) is 8.40. The second-order valence-electron chi connectivity index (χ2n) is 4.92. The number of rotatable bonds is 6. The Kier molecular flexibility index (Phi) is 6.23. The predicted octanol–water partition coefficient (Wildman–Crippen LogP) is 4.92. The van der Waals surface area contributed by atoms with E-state index in [1.54, 1.807) is 13.0 Å². The Balaban J connectivity index is 2.16. The molecule has 0 atom stereocenters. The normalized spacial score (nSPS) is 11.3. The molecule has 0 aromatic heterocycles. The van der Waals surface area contributed by atoms with Crippen LogP contribution in [0.15, 0.2) is 60.7 Å². The van der Waals surface area contributed by atoms with Crippen molar-refractivity contribution in [3.05, 3.63) is 76.8 Å². The van der Waals surface area contributed by atoms with Gasteiger partial charge in [-0.15, -0.1) is 0 Å². The fourth-order valence-electron chi connectivity index (χ4n) is 2.25. The SMILES string of the molecule is CCOC(=O)C=C(CCc1cccc(Cl)c1)c1ccccc1. The molecule has 0 aliphatic carbocycles. The van der Waals surface area contributed by atoms with Gasteiger partial charge in [-0.1, -0.05) is 54.1 Å². The summed E-state index contributed by atoms with van der Waals surface area (Å²) in [6, 6.07) is 17.7. The van der Waals surface area contributed by atoms with E-state index in [0.717, 1.165) is 34.6 Å². The minimum Gasteiger partial charge on any atom is -0.463 e. The van der Waals surface area contributed by atoms with E-state index in [9.17, 15) is 4.79 Å². The predicted molar refractivity (Wildman–Crippen MR) is 90.8 cm³/mol. The van der Waals surface area contributed by atoms with Gasteiger partial charge in [0, 0.05) is 11.1 Å². The first-order valence-electron chi connectivity index (χ1n) is 7.36. The van der Waals surface area contributed by atoms with Crippen molar-refractivity contribution >= 4 is 23.1 Å². The van der Waals surface area contributed by atoms with Gasteiger partial charge >= 0.3 is 5.97 Å². The molecule has 0 amide bonds. The zero-order valence-electron chi connectivity index (χ0n) is 12.6. The van der Waals surface area contributed by atoms with Crippen molar-refractivity contribution in [2.75, 3.05) is 6.61 Å². The van der Waals surface area contributed by atoms with Crippen molar-refractivity contribution in [3.63, 3.8) is 0 Å². The molecule has 114 valence electrons. The van der Waals surface area contributed by atoms with Crippen LogP contribution < -0.4 is 0 Å². The molecule has 0 aliphatic heterocycles. The highest BCUT2D eigenvalue weighted by molar-refractivity contribution is 6.30. The van der Waals surface area contributed by atoms with Gasteiger partial charge in [0.2, 0.25) is 0 Å². The third-order valence-electron chi connectivity index (χ3n) is 3.30. The van der Waals surface area contributed by atoms with Gasteiger partial charge in [-0.25, -0.2) is 4.79 Å². The van der Waals surface area contributed by atoms with Crippen LogP contribution in [-0.4, -0.2) is 12.6 Å². The first-order valence-corrected chi connectivity index (χ1v) is 7.74. The second-order valence-corrected chi connectivity index (χ2v) is 5.35. The molecule has 2 aromatic rings. The van der Waals surface area contributed by atoms with Crippen LogP contribution in [0.25, 0.3) is 5.57 Å². The molecule has 2 nitrogen and oxygen atoms in total. The van der Waals surface area contributed by atoms with Gasteiger partial charge in [0.15, 0.2) is 0 Å². The number of esters is 1. The van der Waals surface area contributed by atoms with Crippen molar-refractivity contribution in [1.29, 1.82) is 0 Å². The molecular formula is C19H19ClO2. The van der Waals surface area contributed by atoms with Gasteiger partial charge in [-0.2, -0.15) is 0 Å². The molecule has 3 heteroatoms. The first kappa shape index (κ1) is 16.3. The van der Waals surface area contributed by atoms with E-state index in [4.69, 9.17) is 16.3 Å². The van der Waals surface area contributed by atoms with Crippen LogP contribution in [0.3, 0.4) is 0 Å². The Bertz CT molecular complexity index is 647. The van der Waals surface area contributed by atoms with Gasteiger partial charge in [0.05, 0.1) is 6.61 Å². The maximum atomic E-state index is 11.8. The third-order valence-corrected chi connectivity index (χ3v) is 3.53. The van der Waals surface area contributed by atoms with Crippen molar-refractivity contribution < 1.29 is 9.53 Å². The number of allylic oxidation sites excluding steroid dienone is 1. The Labute approximate surface area is 136 Å². The van der Waals surface area contributed by atoms with Crippen LogP contribution in [0.2, 0.25) is 5.02 Å². The molecule has 0 saturated carbocycles. The van der Waals surface area contributed by atoms with E-state index in [1.807, 2.05) is 54.6 Å². The molecule has 0 N–H and O–H groups in total. The maximum Gasteiger partial charge on any atom is 0.331 e. The highest BCUT2D eigenvalue weighted by Crippen LogP contribution is 2.22. The zero-order valence-corrected chi connectivity index (χ0v) is 13.3. The van der Waals surface area contributed by atoms with Gasteiger partial charge < -0.3 is 4.74 Å². The number of carbonyl (C=O) groups excluding carboxylic acids is 1. The van der Waals surface area contributed by atoms with Crippen molar-refractivity contribution in [2.45, 2.75) is 19.8 Å². The van der Waals surface area contributed by atoms with E-state index in [1.165, 1.54) is 0 Å². The van der Waals surface area contributed by atoms with Gasteiger partial charge in [-0.3, -0.25) is 0 Å². The molecule has 0 spiro atoms. The number of ether oxygens (including phenoxy) is 1. The van der Waals surface area contributed by atoms with Crippen LogP contribution in [-0.2, 0) is 16.0 Å². The Hall–Kier alpha value is -2.06. The summed E-state index contributed by atoms with van der Waals surface area (Å²) in [5.41, 5.74) is 3.16. The molecule has 2 aromatic carbocycles. The summed E-state index contributed by atoms with van der Waals surface area (Å²) in [5, 5.41) is 0.730. The summed E-state index contributed by atoms with van der Waals surface area (Å²) in [7, 11) is 0. The lowest BCUT2D eigenvalue weighted by atomic mass is 9.98. The van der Waals surface area contributed by atoms with Crippen molar-refractivity contribution in [1.82, 2.24) is 0 Å². The summed E-state index contributed by atoms with van der Waals surface area (Å²) in [4.78, 5) is 11.8. The Morgan fingerprint density at radius 2 is 1.91 bits per heavy atom. The van der Waals surface area contributed by atoms with Gasteiger partial charge in [-0.05, 0) is 48.6 Å². The number of halogens is 1. The summed E-state index contributed by atoms with van der Waals surface area (Å²) in [6.07, 6.45) is 3.16. The molecule has 0 saturated heterocycles. The first-order chi connectivity index (χ1) is 10.7. The number of carbonyl (C=O) groups is 1. The fraction of sp³-hybridized carbons (Fsp3) is 0.211. The third kappa shape index (κ3) is 5.05. The summed E-state index contributed by atoms with van der Waals surface area (Å²) in [5.74, 6) is -0.299. The van der Waals surface area contributed by atoms with E-state index in [2.05, 4.69) is 0 Å². The average molecular weight is 315 g/mol. The monoisotopic (exact) mass is 314 g/mol. The van der Waals surface area contributed by atoms with E-state index >= 15 is 0 Å². The summed E-state index contributed by atoms with van der Waals surface area (Å²) in [6.45, 7) is 2.19. The average Bonchev–Trinajstić information content (AvgIpc) is 2.52. The minimum absolute atomic E-state index is 0.299. The number of hydrogen-bond donors (Lipinski definition) is 0. The number of hydrogen-bond acceptors (Lipinski definition) is 2. The largest absolute Gasteiger partial charge is 0.463 e. The van der Waals surface area contributed by atoms with Crippen LogP contribution in [0.4, 0.5) is 0 Å². The lowest BCUT2D eigenvalue weighted by molar-refractivity contribution is -0.137. The highest BCUT2D eigenvalue weighted by Gasteiger charge is 2.06. The lowest BCUT2D eigenvalue weighted by Gasteiger charge is -2.09. The molecular weight excluding hydrogens is 296 g/mol. The van der Waals surface area contributed by atoms with E-state index in [-0.39, 0.29) is 5.97 Å². The maximum absolute atomic E-state index is 11.8. The molecule has 0 unspecified atom stereocenters. The summed E-state index contributed by atoms with van der Waals surface area (Å²) >= 11 is 6.01. The van der Waals surface area contributed by atoms with Crippen LogP contribution in [0, 0.1) is 0 Å². The van der Waals surface area contributed by atoms with Crippen molar-refractivity contribution in [2.24, 2.45) is 0 Å². The quantitative estimate of drug-likeness (QED) is 0.559. The smallest absolute Gasteiger partial charge is 0.331 e. The van der Waals surface area contributed by atoms with Crippen LogP contribution in [0.1, 0.15) is 24.5 Å². The topological polar surface area (TPSA) is 26.3 Å². The fourth-order valence-corrected chi connectivity index (χ4v) is 2.46. The Morgan fingerprint density at radius 1 is 1.14 bits per heavy atom. The summed E-state index contributed by atoms with van der Waals surface area (Å²) < 4.78 is 5.03. The molecule has 0 heterocycles. The van der Waals surface area contributed by atoms with Crippen LogP contribution >= 0.6 is 11.6 Å². The molecule has 0 bridgehead atoms. The molecule has 22 heavy (non-hydrogen) atoms. The Morgan fingerprint density at radius 3 is 2.59 bits per heavy atom. The standard InChI is InChI=1S/C19H19ClO2/c1-2-22-19(21)14-17(16-8-4-3-5-9-16)12-11-15-7-6-10-18(20)13-15/h3-10,13-14H,2,11-12H2,1H3. The zero-order chi connectivity index (χ0) is 15.8. The molecule has 2 rings (SSSR count). The molecule has 0 aliphatic rings. The lowest BCUT2D eigenvalue weighted by Crippen LogP contribution is -2.01. The van der Waals surface area contributed by atoms with Gasteiger partial charge in [0.25, 0.3) is 0 Å². The molecule has 0 radical (unpaired) electrons. The van der Waals surface area contributed by atoms with Crippen LogP contribution in [0.5, 0.6) is 0 Å². The van der Waals surface area contributed by atoms with E-state index < -0.39 is 0 Å². The number of benzene rings is 2. The van der Waals surface area contributed by atoms with Gasteiger partial charge in [0.1, 0.15) is 0 Å². The minimum atomic E-state index is -0.299. The highest BCUT2D eigenvalue weighted by atomic mass is 35.5.